The number of hydrogen-bond donors (Lipinski definition) is 1. The summed E-state index contributed by atoms with van der Waals surface area (Å²) in [6, 6.07) is 3.85. The molecule has 2 rings (SSSR count). The normalized spacial score (nSPS) is 17.5. The number of hydrogen-bond acceptors (Lipinski definition) is 5. The van der Waals surface area contributed by atoms with E-state index in [9.17, 15) is 14.7 Å². The van der Waals surface area contributed by atoms with Gasteiger partial charge in [-0.2, -0.15) is 0 Å². The van der Waals surface area contributed by atoms with Crippen molar-refractivity contribution >= 4 is 23.0 Å². The van der Waals surface area contributed by atoms with Crippen molar-refractivity contribution in [3.05, 3.63) is 22.4 Å². The molecule has 1 atom stereocenters. The number of ketones is 1. The summed E-state index contributed by atoms with van der Waals surface area (Å²) in [4.78, 5) is 28.9. The molecule has 1 amide bonds. The van der Waals surface area contributed by atoms with E-state index >= 15 is 0 Å². The van der Waals surface area contributed by atoms with Crippen molar-refractivity contribution < 1.29 is 14.7 Å². The number of amides is 1. The van der Waals surface area contributed by atoms with Gasteiger partial charge in [0.15, 0.2) is 5.78 Å². The van der Waals surface area contributed by atoms with E-state index < -0.39 is 0 Å². The number of thiophene rings is 1. The van der Waals surface area contributed by atoms with Crippen LogP contribution in [-0.4, -0.2) is 65.4 Å². The van der Waals surface area contributed by atoms with Gasteiger partial charge in [0.1, 0.15) is 0 Å². The highest BCUT2D eigenvalue weighted by Crippen LogP contribution is 2.14. The summed E-state index contributed by atoms with van der Waals surface area (Å²) in [7, 11) is 0. The predicted octanol–water partition coefficient (Wildman–Crippen LogP) is 1.63. The molecule has 0 aliphatic carbocycles. The molecule has 6 heteroatoms. The van der Waals surface area contributed by atoms with E-state index in [2.05, 4.69) is 11.8 Å². The fourth-order valence-corrected chi connectivity index (χ4v) is 3.47. The van der Waals surface area contributed by atoms with Gasteiger partial charge in [-0.3, -0.25) is 14.5 Å². The summed E-state index contributed by atoms with van der Waals surface area (Å²) in [6.45, 7) is 5.19. The zero-order valence-corrected chi connectivity index (χ0v) is 13.8. The number of Topliss-reactive ketones (excluding diaryl/α,β-unsaturated/α-hetero) is 1. The van der Waals surface area contributed by atoms with E-state index in [-0.39, 0.29) is 37.2 Å². The third-order valence-electron chi connectivity index (χ3n) is 4.23. The fraction of sp³-hybridized carbons (Fsp3) is 0.625. The molecular formula is C16H24N2O3S. The number of carbonyl (C=O) groups is 2. The average Bonchev–Trinajstić information content (AvgIpc) is 3.08. The molecule has 2 heterocycles. The Hall–Kier alpha value is -1.24. The first kappa shape index (κ1) is 17.1. The number of rotatable bonds is 7. The van der Waals surface area contributed by atoms with Gasteiger partial charge in [0.2, 0.25) is 5.91 Å². The van der Waals surface area contributed by atoms with E-state index in [4.69, 9.17) is 0 Å². The summed E-state index contributed by atoms with van der Waals surface area (Å²) < 4.78 is 0. The highest BCUT2D eigenvalue weighted by atomic mass is 32.1. The zero-order valence-electron chi connectivity index (χ0n) is 13.0. The van der Waals surface area contributed by atoms with Crippen molar-refractivity contribution in [1.82, 2.24) is 9.80 Å². The first-order valence-corrected chi connectivity index (χ1v) is 8.73. The van der Waals surface area contributed by atoms with Crippen molar-refractivity contribution in [3.8, 4) is 0 Å². The highest BCUT2D eigenvalue weighted by molar-refractivity contribution is 7.12. The standard InChI is InChI=1S/C16H24N2O3S/c1-2-13(12-19)17-7-9-18(10-8-17)16(21)6-5-14(20)15-4-3-11-22-15/h3-4,11,13,19H,2,5-10,12H2,1H3. The molecule has 1 N–H and O–H groups in total. The Morgan fingerprint density at radius 3 is 2.55 bits per heavy atom. The molecule has 1 aliphatic heterocycles. The van der Waals surface area contributed by atoms with Gasteiger partial charge >= 0.3 is 0 Å². The van der Waals surface area contributed by atoms with Gasteiger partial charge in [-0.15, -0.1) is 11.3 Å². The van der Waals surface area contributed by atoms with Crippen LogP contribution in [0.5, 0.6) is 0 Å². The Labute approximate surface area is 135 Å². The van der Waals surface area contributed by atoms with Gasteiger partial charge < -0.3 is 10.0 Å². The van der Waals surface area contributed by atoms with Crippen LogP contribution in [0.4, 0.5) is 0 Å². The molecule has 0 aromatic carbocycles. The lowest BCUT2D eigenvalue weighted by Crippen LogP contribution is -2.52. The molecular weight excluding hydrogens is 300 g/mol. The Kier molecular flexibility index (Phi) is 6.54. The molecule has 122 valence electrons. The predicted molar refractivity (Wildman–Crippen MR) is 87.2 cm³/mol. The maximum absolute atomic E-state index is 12.2. The Morgan fingerprint density at radius 2 is 2.00 bits per heavy atom. The first-order chi connectivity index (χ1) is 10.7. The molecule has 1 aliphatic rings. The molecule has 0 spiro atoms. The molecule has 1 unspecified atom stereocenters. The smallest absolute Gasteiger partial charge is 0.223 e. The third kappa shape index (κ3) is 4.38. The van der Waals surface area contributed by atoms with Crippen LogP contribution in [0.15, 0.2) is 17.5 Å². The third-order valence-corrected chi connectivity index (χ3v) is 5.14. The number of piperazine rings is 1. The van der Waals surface area contributed by atoms with Crippen LogP contribution in [0.2, 0.25) is 0 Å². The van der Waals surface area contributed by atoms with Crippen LogP contribution in [-0.2, 0) is 4.79 Å². The minimum atomic E-state index is 0.0494. The summed E-state index contributed by atoms with van der Waals surface area (Å²) in [6.07, 6.45) is 1.49. The van der Waals surface area contributed by atoms with Gasteiger partial charge in [0.25, 0.3) is 0 Å². The molecule has 22 heavy (non-hydrogen) atoms. The summed E-state index contributed by atoms with van der Waals surface area (Å²) in [5.41, 5.74) is 0. The average molecular weight is 324 g/mol. The number of aliphatic hydroxyl groups excluding tert-OH is 1. The van der Waals surface area contributed by atoms with Crippen LogP contribution < -0.4 is 0 Å². The van der Waals surface area contributed by atoms with Crippen LogP contribution in [0.1, 0.15) is 35.9 Å². The SMILES string of the molecule is CCC(CO)N1CCN(C(=O)CCC(=O)c2cccs2)CC1. The van der Waals surface area contributed by atoms with Crippen molar-refractivity contribution in [2.24, 2.45) is 0 Å². The van der Waals surface area contributed by atoms with Crippen molar-refractivity contribution in [3.63, 3.8) is 0 Å². The minimum absolute atomic E-state index is 0.0494. The van der Waals surface area contributed by atoms with Crippen LogP contribution in [0, 0.1) is 0 Å². The Balaban J connectivity index is 1.74. The zero-order chi connectivity index (χ0) is 15.9. The van der Waals surface area contributed by atoms with E-state index in [1.807, 2.05) is 16.3 Å². The lowest BCUT2D eigenvalue weighted by molar-refractivity contribution is -0.133. The Morgan fingerprint density at radius 1 is 1.27 bits per heavy atom. The molecule has 0 saturated carbocycles. The monoisotopic (exact) mass is 324 g/mol. The van der Waals surface area contributed by atoms with Gasteiger partial charge in [0.05, 0.1) is 11.5 Å². The minimum Gasteiger partial charge on any atom is -0.395 e. The van der Waals surface area contributed by atoms with Crippen LogP contribution >= 0.6 is 11.3 Å². The van der Waals surface area contributed by atoms with E-state index in [1.165, 1.54) is 11.3 Å². The summed E-state index contributed by atoms with van der Waals surface area (Å²) >= 11 is 1.42. The fourth-order valence-electron chi connectivity index (χ4n) is 2.78. The number of carbonyl (C=O) groups excluding carboxylic acids is 2. The largest absolute Gasteiger partial charge is 0.395 e. The second kappa shape index (κ2) is 8.41. The lowest BCUT2D eigenvalue weighted by Gasteiger charge is -2.38. The van der Waals surface area contributed by atoms with Crippen molar-refractivity contribution in [2.45, 2.75) is 32.2 Å². The molecule has 0 radical (unpaired) electrons. The van der Waals surface area contributed by atoms with E-state index in [0.29, 0.717) is 13.1 Å². The van der Waals surface area contributed by atoms with Crippen LogP contribution in [0.3, 0.4) is 0 Å². The highest BCUT2D eigenvalue weighted by Gasteiger charge is 2.25. The maximum atomic E-state index is 12.2. The topological polar surface area (TPSA) is 60.9 Å². The van der Waals surface area contributed by atoms with E-state index in [0.717, 1.165) is 24.4 Å². The number of nitrogens with zero attached hydrogens (tertiary/aromatic N) is 2. The van der Waals surface area contributed by atoms with Gasteiger partial charge in [-0.1, -0.05) is 13.0 Å². The molecule has 5 nitrogen and oxygen atoms in total. The van der Waals surface area contributed by atoms with Gasteiger partial charge in [-0.05, 0) is 17.9 Å². The second-order valence-corrected chi connectivity index (χ2v) is 6.51. The van der Waals surface area contributed by atoms with Crippen LogP contribution in [0.25, 0.3) is 0 Å². The molecule has 1 fully saturated rings. The molecule has 1 aromatic heterocycles. The summed E-state index contributed by atoms with van der Waals surface area (Å²) in [5, 5.41) is 11.2. The lowest BCUT2D eigenvalue weighted by atomic mass is 10.1. The maximum Gasteiger partial charge on any atom is 0.223 e. The van der Waals surface area contributed by atoms with Crippen molar-refractivity contribution in [1.29, 1.82) is 0 Å². The van der Waals surface area contributed by atoms with Crippen molar-refractivity contribution in [2.75, 3.05) is 32.8 Å². The second-order valence-electron chi connectivity index (χ2n) is 5.56. The molecule has 0 bridgehead atoms. The van der Waals surface area contributed by atoms with Gasteiger partial charge in [-0.25, -0.2) is 0 Å². The molecule has 1 aromatic rings. The van der Waals surface area contributed by atoms with E-state index in [1.54, 1.807) is 6.07 Å². The summed E-state index contributed by atoms with van der Waals surface area (Å²) in [5.74, 6) is 0.106. The Bertz CT molecular complexity index is 478. The quantitative estimate of drug-likeness (QED) is 0.775. The number of aliphatic hydroxyl groups is 1. The first-order valence-electron chi connectivity index (χ1n) is 7.85. The van der Waals surface area contributed by atoms with Gasteiger partial charge in [0, 0.05) is 45.1 Å². The molecule has 1 saturated heterocycles.